The van der Waals surface area contributed by atoms with E-state index in [9.17, 15) is 4.79 Å². The van der Waals surface area contributed by atoms with Crippen LogP contribution in [0.2, 0.25) is 0 Å². The van der Waals surface area contributed by atoms with Crippen LogP contribution in [0.1, 0.15) is 31.4 Å². The van der Waals surface area contributed by atoms with Crippen LogP contribution >= 0.6 is 0 Å². The van der Waals surface area contributed by atoms with Gasteiger partial charge < -0.3 is 5.32 Å². The molecular formula is C23H24N2O. The minimum Gasteiger partial charge on any atom is -0.324 e. The fourth-order valence-corrected chi connectivity index (χ4v) is 2.90. The molecule has 3 nitrogen and oxygen atoms in total. The van der Waals surface area contributed by atoms with Crippen molar-refractivity contribution in [3.05, 3.63) is 78.0 Å². The van der Waals surface area contributed by atoms with E-state index in [0.717, 1.165) is 34.1 Å². The first kappa shape index (κ1) is 17.9. The highest BCUT2D eigenvalue weighted by Crippen LogP contribution is 2.21. The molecule has 1 N–H and O–H groups in total. The molecule has 0 aliphatic carbocycles. The Hall–Kier alpha value is -2.94. The molecular weight excluding hydrogens is 320 g/mol. The van der Waals surface area contributed by atoms with Gasteiger partial charge in [-0.05, 0) is 35.6 Å². The second kappa shape index (κ2) is 8.43. The van der Waals surface area contributed by atoms with E-state index in [1.54, 1.807) is 6.20 Å². The van der Waals surface area contributed by atoms with E-state index in [1.165, 1.54) is 0 Å². The summed E-state index contributed by atoms with van der Waals surface area (Å²) in [4.78, 5) is 17.0. The number of rotatable bonds is 6. The van der Waals surface area contributed by atoms with Gasteiger partial charge in [0.25, 0.3) is 0 Å². The number of pyridine rings is 1. The lowest BCUT2D eigenvalue weighted by Crippen LogP contribution is -2.15. The SMILES string of the molecule is CC(C)C/C=C/c1ccccc1CC(=O)Nc1cccc2cccnc12. The van der Waals surface area contributed by atoms with E-state index in [2.05, 4.69) is 42.4 Å². The summed E-state index contributed by atoms with van der Waals surface area (Å²) in [5, 5.41) is 4.03. The Morgan fingerprint density at radius 3 is 2.73 bits per heavy atom. The number of aromatic nitrogens is 1. The van der Waals surface area contributed by atoms with E-state index < -0.39 is 0 Å². The number of amides is 1. The third kappa shape index (κ3) is 4.57. The monoisotopic (exact) mass is 344 g/mol. The third-order valence-corrected chi connectivity index (χ3v) is 4.22. The van der Waals surface area contributed by atoms with Crippen LogP contribution in [-0.2, 0) is 11.2 Å². The lowest BCUT2D eigenvalue weighted by Gasteiger charge is -2.10. The summed E-state index contributed by atoms with van der Waals surface area (Å²) in [5.41, 5.74) is 3.69. The third-order valence-electron chi connectivity index (χ3n) is 4.22. The molecule has 0 radical (unpaired) electrons. The molecule has 0 aliphatic heterocycles. The van der Waals surface area contributed by atoms with Crippen LogP contribution in [0.5, 0.6) is 0 Å². The van der Waals surface area contributed by atoms with E-state index >= 15 is 0 Å². The van der Waals surface area contributed by atoms with Crippen LogP contribution in [0.25, 0.3) is 17.0 Å². The minimum atomic E-state index is -0.0344. The Balaban J connectivity index is 1.75. The van der Waals surface area contributed by atoms with E-state index in [-0.39, 0.29) is 5.91 Å². The summed E-state index contributed by atoms with van der Waals surface area (Å²) in [6.07, 6.45) is 7.40. The highest BCUT2D eigenvalue weighted by Gasteiger charge is 2.09. The van der Waals surface area contributed by atoms with E-state index in [4.69, 9.17) is 0 Å². The number of carbonyl (C=O) groups excluding carboxylic acids is 1. The van der Waals surface area contributed by atoms with Crippen LogP contribution in [0.3, 0.4) is 0 Å². The second-order valence-corrected chi connectivity index (χ2v) is 6.84. The van der Waals surface area contributed by atoms with Crippen molar-refractivity contribution in [3.63, 3.8) is 0 Å². The zero-order valence-electron chi connectivity index (χ0n) is 15.3. The standard InChI is InChI=1S/C23H24N2O/c1-17(2)8-5-11-18-9-3-4-10-20(18)16-22(26)25-21-14-6-12-19-13-7-15-24-23(19)21/h3-7,9-15,17H,8,16H2,1-2H3,(H,25,26)/b11-5+. The molecule has 2 aromatic carbocycles. The smallest absolute Gasteiger partial charge is 0.228 e. The fraction of sp³-hybridized carbons (Fsp3) is 0.217. The maximum atomic E-state index is 12.6. The van der Waals surface area contributed by atoms with Gasteiger partial charge in [0.05, 0.1) is 17.6 Å². The predicted molar refractivity (Wildman–Crippen MR) is 109 cm³/mol. The number of nitrogens with zero attached hydrogens (tertiary/aromatic N) is 1. The predicted octanol–water partition coefficient (Wildman–Crippen LogP) is 5.48. The van der Waals surface area contributed by atoms with Gasteiger partial charge in [0.2, 0.25) is 5.91 Å². The largest absolute Gasteiger partial charge is 0.324 e. The highest BCUT2D eigenvalue weighted by atomic mass is 16.1. The molecule has 0 fully saturated rings. The van der Waals surface area contributed by atoms with Gasteiger partial charge in [0.15, 0.2) is 0 Å². The number of benzene rings is 2. The molecule has 1 aromatic heterocycles. The Labute approximate surface area is 154 Å². The molecule has 0 unspecified atom stereocenters. The van der Waals surface area contributed by atoms with Crippen molar-refractivity contribution in [1.29, 1.82) is 0 Å². The summed E-state index contributed by atoms with van der Waals surface area (Å²) < 4.78 is 0. The lowest BCUT2D eigenvalue weighted by atomic mass is 10.0. The van der Waals surface area contributed by atoms with Crippen LogP contribution < -0.4 is 5.32 Å². The molecule has 3 aromatic rings. The second-order valence-electron chi connectivity index (χ2n) is 6.84. The molecule has 0 atom stereocenters. The van der Waals surface area contributed by atoms with Gasteiger partial charge in [0, 0.05) is 11.6 Å². The number of nitrogens with one attached hydrogen (secondary N) is 1. The first-order chi connectivity index (χ1) is 12.6. The maximum absolute atomic E-state index is 12.6. The van der Waals surface area contributed by atoms with Crippen LogP contribution in [0.4, 0.5) is 5.69 Å². The summed E-state index contributed by atoms with van der Waals surface area (Å²) >= 11 is 0. The molecule has 26 heavy (non-hydrogen) atoms. The van der Waals surface area contributed by atoms with E-state index in [1.807, 2.05) is 48.5 Å². The fourth-order valence-electron chi connectivity index (χ4n) is 2.90. The molecule has 1 heterocycles. The Kier molecular flexibility index (Phi) is 5.80. The molecule has 0 spiro atoms. The molecule has 0 saturated carbocycles. The van der Waals surface area contributed by atoms with Gasteiger partial charge >= 0.3 is 0 Å². The number of carbonyl (C=O) groups is 1. The number of anilines is 1. The minimum absolute atomic E-state index is 0.0344. The molecule has 132 valence electrons. The van der Waals surface area contributed by atoms with Gasteiger partial charge in [-0.2, -0.15) is 0 Å². The van der Waals surface area contributed by atoms with Crippen LogP contribution in [0.15, 0.2) is 66.9 Å². The van der Waals surface area contributed by atoms with Gasteiger partial charge in [-0.25, -0.2) is 0 Å². The maximum Gasteiger partial charge on any atom is 0.228 e. The summed E-state index contributed by atoms with van der Waals surface area (Å²) in [6.45, 7) is 4.39. The van der Waals surface area contributed by atoms with Gasteiger partial charge in [-0.15, -0.1) is 0 Å². The molecule has 3 heteroatoms. The summed E-state index contributed by atoms with van der Waals surface area (Å²) in [6, 6.07) is 17.7. The van der Waals surface area contributed by atoms with Crippen molar-refractivity contribution in [2.24, 2.45) is 5.92 Å². The number of para-hydroxylation sites is 1. The molecule has 1 amide bonds. The Bertz CT molecular complexity index is 923. The molecule has 3 rings (SSSR count). The zero-order chi connectivity index (χ0) is 18.4. The van der Waals surface area contributed by atoms with Gasteiger partial charge in [-0.1, -0.05) is 68.5 Å². The van der Waals surface area contributed by atoms with Crippen LogP contribution in [-0.4, -0.2) is 10.9 Å². The van der Waals surface area contributed by atoms with Crippen molar-refractivity contribution in [2.75, 3.05) is 5.32 Å². The van der Waals surface area contributed by atoms with Gasteiger partial charge in [0.1, 0.15) is 0 Å². The number of fused-ring (bicyclic) bond motifs is 1. The van der Waals surface area contributed by atoms with Crippen molar-refractivity contribution >= 4 is 28.6 Å². The lowest BCUT2D eigenvalue weighted by molar-refractivity contribution is -0.115. The molecule has 0 aliphatic rings. The Morgan fingerprint density at radius 1 is 1.08 bits per heavy atom. The average Bonchev–Trinajstić information content (AvgIpc) is 2.63. The van der Waals surface area contributed by atoms with Crippen molar-refractivity contribution < 1.29 is 4.79 Å². The topological polar surface area (TPSA) is 42.0 Å². The normalized spacial score (nSPS) is 11.3. The van der Waals surface area contributed by atoms with Crippen molar-refractivity contribution in [1.82, 2.24) is 4.98 Å². The van der Waals surface area contributed by atoms with Crippen LogP contribution in [0, 0.1) is 5.92 Å². The first-order valence-corrected chi connectivity index (χ1v) is 9.01. The summed E-state index contributed by atoms with van der Waals surface area (Å²) in [7, 11) is 0. The molecule has 0 saturated heterocycles. The number of allylic oxidation sites excluding steroid dienone is 1. The van der Waals surface area contributed by atoms with Gasteiger partial charge in [-0.3, -0.25) is 9.78 Å². The summed E-state index contributed by atoms with van der Waals surface area (Å²) in [5.74, 6) is 0.591. The number of hydrogen-bond acceptors (Lipinski definition) is 2. The average molecular weight is 344 g/mol. The highest BCUT2D eigenvalue weighted by molar-refractivity contribution is 6.01. The first-order valence-electron chi connectivity index (χ1n) is 9.01. The van der Waals surface area contributed by atoms with Crippen molar-refractivity contribution in [3.8, 4) is 0 Å². The number of hydrogen-bond donors (Lipinski definition) is 1. The zero-order valence-corrected chi connectivity index (χ0v) is 15.3. The Morgan fingerprint density at radius 2 is 1.88 bits per heavy atom. The molecule has 0 bridgehead atoms. The van der Waals surface area contributed by atoms with E-state index in [0.29, 0.717) is 12.3 Å². The van der Waals surface area contributed by atoms with Crippen molar-refractivity contribution in [2.45, 2.75) is 26.7 Å². The quantitative estimate of drug-likeness (QED) is 0.644.